The van der Waals surface area contributed by atoms with Gasteiger partial charge in [-0.2, -0.15) is 4.98 Å². The van der Waals surface area contributed by atoms with Crippen LogP contribution in [0.3, 0.4) is 0 Å². The molecule has 0 unspecified atom stereocenters. The summed E-state index contributed by atoms with van der Waals surface area (Å²) in [7, 11) is 0. The molecule has 4 nitrogen and oxygen atoms in total. The van der Waals surface area contributed by atoms with Crippen molar-refractivity contribution >= 4 is 22.7 Å². The highest BCUT2D eigenvalue weighted by molar-refractivity contribution is 5.90. The van der Waals surface area contributed by atoms with Gasteiger partial charge in [-0.25, -0.2) is 4.98 Å². The minimum Gasteiger partial charge on any atom is -0.368 e. The van der Waals surface area contributed by atoms with Gasteiger partial charge in [0.15, 0.2) is 0 Å². The number of nitrogens with zero attached hydrogens (tertiary/aromatic N) is 3. The maximum absolute atomic E-state index is 5.86. The largest absolute Gasteiger partial charge is 0.368 e. The van der Waals surface area contributed by atoms with E-state index in [1.54, 1.807) is 0 Å². The summed E-state index contributed by atoms with van der Waals surface area (Å²) in [6.45, 7) is 5.50. The Balaban J connectivity index is 2.10. The van der Waals surface area contributed by atoms with E-state index < -0.39 is 0 Å². The average Bonchev–Trinajstić information content (AvgIpc) is 3.19. The van der Waals surface area contributed by atoms with Crippen molar-refractivity contribution in [2.45, 2.75) is 32.7 Å². The van der Waals surface area contributed by atoms with Crippen LogP contribution in [0.5, 0.6) is 0 Å². The fraction of sp³-hybridized carbons (Fsp3) is 0.467. The predicted molar refractivity (Wildman–Crippen MR) is 79.2 cm³/mol. The zero-order valence-electron chi connectivity index (χ0n) is 11.5. The third kappa shape index (κ3) is 2.48. The molecule has 0 aliphatic heterocycles. The first kappa shape index (κ1) is 12.2. The maximum Gasteiger partial charge on any atom is 0.222 e. The van der Waals surface area contributed by atoms with E-state index in [0.717, 1.165) is 23.3 Å². The highest BCUT2D eigenvalue weighted by atomic mass is 15.3. The second-order valence-corrected chi connectivity index (χ2v) is 5.70. The Morgan fingerprint density at radius 1 is 1.26 bits per heavy atom. The molecular weight excluding hydrogens is 236 g/mol. The topological polar surface area (TPSA) is 55.0 Å². The van der Waals surface area contributed by atoms with Crippen molar-refractivity contribution in [1.82, 2.24) is 9.97 Å². The van der Waals surface area contributed by atoms with Crippen LogP contribution in [0.1, 0.15) is 26.7 Å². The molecule has 1 fully saturated rings. The van der Waals surface area contributed by atoms with Crippen LogP contribution in [0, 0.1) is 5.92 Å². The van der Waals surface area contributed by atoms with Crippen molar-refractivity contribution in [2.75, 3.05) is 17.2 Å². The van der Waals surface area contributed by atoms with E-state index in [9.17, 15) is 0 Å². The van der Waals surface area contributed by atoms with Crippen molar-refractivity contribution in [2.24, 2.45) is 5.92 Å². The number of fused-ring (bicyclic) bond motifs is 1. The van der Waals surface area contributed by atoms with Crippen LogP contribution in [0.15, 0.2) is 24.3 Å². The molecule has 0 spiro atoms. The van der Waals surface area contributed by atoms with Crippen LogP contribution in [0.25, 0.3) is 10.9 Å². The number of benzene rings is 1. The molecule has 1 aliphatic carbocycles. The van der Waals surface area contributed by atoms with Crippen LogP contribution in [0.4, 0.5) is 11.8 Å². The summed E-state index contributed by atoms with van der Waals surface area (Å²) in [5.74, 6) is 1.97. The van der Waals surface area contributed by atoms with E-state index in [-0.39, 0.29) is 0 Å². The third-order valence-electron chi connectivity index (χ3n) is 3.42. The van der Waals surface area contributed by atoms with Crippen molar-refractivity contribution in [3.05, 3.63) is 24.3 Å². The molecule has 1 aliphatic rings. The number of nitrogens with two attached hydrogens (primary N) is 1. The lowest BCUT2D eigenvalue weighted by Crippen LogP contribution is -2.31. The standard InChI is InChI=1S/C15H20N4/c1-10(2)9-19(11-7-8-11)14-12-5-3-4-6-13(12)17-15(16)18-14/h3-6,10-11H,7-9H2,1-2H3,(H2,16,17,18). The molecule has 0 radical (unpaired) electrons. The molecule has 1 aromatic carbocycles. The summed E-state index contributed by atoms with van der Waals surface area (Å²) in [6, 6.07) is 8.73. The van der Waals surface area contributed by atoms with Gasteiger partial charge in [-0.15, -0.1) is 0 Å². The first-order chi connectivity index (χ1) is 9.15. The predicted octanol–water partition coefficient (Wildman–Crippen LogP) is 2.84. The monoisotopic (exact) mass is 256 g/mol. The number of nitrogen functional groups attached to an aromatic ring is 1. The van der Waals surface area contributed by atoms with Crippen LogP contribution in [-0.4, -0.2) is 22.6 Å². The van der Waals surface area contributed by atoms with Gasteiger partial charge in [0.25, 0.3) is 0 Å². The van der Waals surface area contributed by atoms with Crippen molar-refractivity contribution in [3.63, 3.8) is 0 Å². The van der Waals surface area contributed by atoms with Crippen LogP contribution in [0.2, 0.25) is 0 Å². The number of hydrogen-bond acceptors (Lipinski definition) is 4. The summed E-state index contributed by atoms with van der Waals surface area (Å²) in [6.07, 6.45) is 2.51. The molecule has 2 aromatic rings. The molecule has 3 rings (SSSR count). The number of para-hydroxylation sites is 1. The first-order valence-electron chi connectivity index (χ1n) is 6.94. The summed E-state index contributed by atoms with van der Waals surface area (Å²) in [4.78, 5) is 11.2. The second-order valence-electron chi connectivity index (χ2n) is 5.70. The molecule has 0 amide bonds. The minimum atomic E-state index is 0.364. The van der Waals surface area contributed by atoms with Gasteiger partial charge in [-0.1, -0.05) is 26.0 Å². The van der Waals surface area contributed by atoms with Crippen molar-refractivity contribution in [1.29, 1.82) is 0 Å². The molecule has 1 aromatic heterocycles. The summed E-state index contributed by atoms with van der Waals surface area (Å²) in [5, 5.41) is 1.10. The minimum absolute atomic E-state index is 0.364. The third-order valence-corrected chi connectivity index (χ3v) is 3.42. The Morgan fingerprint density at radius 3 is 2.68 bits per heavy atom. The van der Waals surface area contributed by atoms with Gasteiger partial charge in [-0.3, -0.25) is 0 Å². The molecule has 1 heterocycles. The summed E-state index contributed by atoms with van der Waals surface area (Å²) in [5.41, 5.74) is 6.79. The second kappa shape index (κ2) is 4.68. The smallest absolute Gasteiger partial charge is 0.222 e. The number of hydrogen-bond donors (Lipinski definition) is 1. The van der Waals surface area contributed by atoms with Crippen LogP contribution in [-0.2, 0) is 0 Å². The zero-order chi connectivity index (χ0) is 13.4. The molecule has 19 heavy (non-hydrogen) atoms. The van der Waals surface area contributed by atoms with Gasteiger partial charge < -0.3 is 10.6 Å². The first-order valence-corrected chi connectivity index (χ1v) is 6.94. The molecule has 2 N–H and O–H groups in total. The van der Waals surface area contributed by atoms with Gasteiger partial charge in [0.05, 0.1) is 5.52 Å². The van der Waals surface area contributed by atoms with Crippen molar-refractivity contribution < 1.29 is 0 Å². The zero-order valence-corrected chi connectivity index (χ0v) is 11.5. The van der Waals surface area contributed by atoms with E-state index in [2.05, 4.69) is 34.8 Å². The highest BCUT2D eigenvalue weighted by Crippen LogP contribution is 2.35. The van der Waals surface area contributed by atoms with E-state index in [0.29, 0.717) is 17.9 Å². The normalized spacial score (nSPS) is 15.1. The Labute approximate surface area is 113 Å². The van der Waals surface area contributed by atoms with E-state index in [1.165, 1.54) is 12.8 Å². The Bertz CT molecular complexity index is 590. The molecule has 1 saturated carbocycles. The quantitative estimate of drug-likeness (QED) is 0.914. The Kier molecular flexibility index (Phi) is 3.01. The summed E-state index contributed by atoms with van der Waals surface area (Å²) < 4.78 is 0. The van der Waals surface area contributed by atoms with E-state index in [4.69, 9.17) is 5.73 Å². The van der Waals surface area contributed by atoms with Crippen molar-refractivity contribution in [3.8, 4) is 0 Å². The van der Waals surface area contributed by atoms with Gasteiger partial charge in [0, 0.05) is 18.0 Å². The summed E-state index contributed by atoms with van der Waals surface area (Å²) >= 11 is 0. The fourth-order valence-corrected chi connectivity index (χ4v) is 2.48. The lowest BCUT2D eigenvalue weighted by molar-refractivity contribution is 0.604. The van der Waals surface area contributed by atoms with Gasteiger partial charge in [0.2, 0.25) is 5.95 Å². The highest BCUT2D eigenvalue weighted by Gasteiger charge is 2.31. The van der Waals surface area contributed by atoms with Gasteiger partial charge in [0.1, 0.15) is 5.82 Å². The van der Waals surface area contributed by atoms with Crippen LogP contribution >= 0.6 is 0 Å². The van der Waals surface area contributed by atoms with Crippen LogP contribution < -0.4 is 10.6 Å². The number of aromatic nitrogens is 2. The lowest BCUT2D eigenvalue weighted by atomic mass is 10.1. The van der Waals surface area contributed by atoms with E-state index in [1.807, 2.05) is 18.2 Å². The number of anilines is 2. The maximum atomic E-state index is 5.86. The van der Waals surface area contributed by atoms with E-state index >= 15 is 0 Å². The average molecular weight is 256 g/mol. The molecular formula is C15H20N4. The molecule has 0 saturated heterocycles. The molecule has 100 valence electrons. The SMILES string of the molecule is CC(C)CN(c1nc(N)nc2ccccc12)C1CC1. The molecule has 0 bridgehead atoms. The lowest BCUT2D eigenvalue weighted by Gasteiger charge is -2.26. The fourth-order valence-electron chi connectivity index (χ4n) is 2.48. The number of rotatable bonds is 4. The molecule has 4 heteroatoms. The van der Waals surface area contributed by atoms with Gasteiger partial charge >= 0.3 is 0 Å². The Morgan fingerprint density at radius 2 is 2.00 bits per heavy atom. The molecule has 0 atom stereocenters. The van der Waals surface area contributed by atoms with Gasteiger partial charge in [-0.05, 0) is 30.9 Å². The Hall–Kier alpha value is -1.84.